The van der Waals surface area contributed by atoms with Crippen LogP contribution < -0.4 is 9.62 Å². The highest BCUT2D eigenvalue weighted by molar-refractivity contribution is 7.92. The summed E-state index contributed by atoms with van der Waals surface area (Å²) in [5.74, 6) is -0.969. The number of carbonyl (C=O) groups excluding carboxylic acids is 2. The molecule has 3 aromatic rings. The molecule has 1 atom stereocenters. The van der Waals surface area contributed by atoms with E-state index in [-0.39, 0.29) is 17.3 Å². The number of likely N-dealkylation sites (N-methyl/N-ethyl adjacent to an activating group) is 1. The Morgan fingerprint density at radius 2 is 1.42 bits per heavy atom. The first kappa shape index (κ1) is 29.5. The predicted octanol–water partition coefficient (Wildman–Crippen LogP) is 5.36. The summed E-state index contributed by atoms with van der Waals surface area (Å²) in [5, 5.41) is 3.39. The molecule has 0 aromatic heterocycles. The minimum absolute atomic E-state index is 0.0500. The lowest BCUT2D eigenvalue weighted by molar-refractivity contribution is -0.139. The van der Waals surface area contributed by atoms with Crippen LogP contribution in [0.15, 0.2) is 71.6 Å². The van der Waals surface area contributed by atoms with Crippen LogP contribution in [0.3, 0.4) is 0 Å². The van der Waals surface area contributed by atoms with Crippen molar-refractivity contribution in [3.63, 3.8) is 0 Å². The molecule has 0 fully saturated rings. The molecule has 0 radical (unpaired) electrons. The van der Waals surface area contributed by atoms with Gasteiger partial charge in [-0.25, -0.2) is 8.42 Å². The van der Waals surface area contributed by atoms with Crippen molar-refractivity contribution in [1.29, 1.82) is 0 Å². The van der Waals surface area contributed by atoms with Crippen molar-refractivity contribution in [3.05, 3.63) is 93.5 Å². The fraction of sp³-hybridized carbons (Fsp3) is 0.286. The summed E-state index contributed by atoms with van der Waals surface area (Å²) in [4.78, 5) is 28.0. The monoisotopic (exact) mass is 575 g/mol. The summed E-state index contributed by atoms with van der Waals surface area (Å²) in [7, 11) is -4.12. The van der Waals surface area contributed by atoms with E-state index in [9.17, 15) is 18.0 Å². The number of amides is 2. The van der Waals surface area contributed by atoms with Crippen molar-refractivity contribution < 1.29 is 18.0 Å². The van der Waals surface area contributed by atoms with Crippen LogP contribution in [0.1, 0.15) is 30.5 Å². The van der Waals surface area contributed by atoms with Crippen LogP contribution in [0.4, 0.5) is 5.69 Å². The molecule has 2 amide bonds. The second-order valence-electron chi connectivity index (χ2n) is 8.95. The quantitative estimate of drug-likeness (QED) is 0.352. The number of aryl methyl sites for hydroxylation is 2. The normalized spacial score (nSPS) is 12.1. The highest BCUT2D eigenvalue weighted by Gasteiger charge is 2.33. The number of carbonyl (C=O) groups is 2. The number of nitrogens with one attached hydrogen (secondary N) is 1. The van der Waals surface area contributed by atoms with E-state index in [1.807, 2.05) is 13.8 Å². The van der Waals surface area contributed by atoms with Gasteiger partial charge in [0.1, 0.15) is 12.6 Å². The van der Waals surface area contributed by atoms with E-state index in [4.69, 9.17) is 23.2 Å². The average molecular weight is 577 g/mol. The first-order chi connectivity index (χ1) is 17.9. The van der Waals surface area contributed by atoms with Gasteiger partial charge >= 0.3 is 0 Å². The Labute approximate surface area is 234 Å². The van der Waals surface area contributed by atoms with Crippen LogP contribution in [0.25, 0.3) is 0 Å². The third kappa shape index (κ3) is 6.87. The highest BCUT2D eigenvalue weighted by Crippen LogP contribution is 2.28. The summed E-state index contributed by atoms with van der Waals surface area (Å²) in [6.07, 6.45) is 0. The molecule has 0 aliphatic rings. The standard InChI is InChI=1S/C28H31Cl2N3O4S/c1-5-31-28(35)21(4)32(17-24-25(29)7-6-8-26(24)30)27(34)18-33(22-13-9-19(2)10-14-22)38(36,37)23-15-11-20(3)12-16-23/h6-16,21H,5,17-18H2,1-4H3,(H,31,35). The van der Waals surface area contributed by atoms with E-state index >= 15 is 0 Å². The number of hydrogen-bond donors (Lipinski definition) is 1. The summed E-state index contributed by atoms with van der Waals surface area (Å²) in [5.41, 5.74) is 2.63. The molecule has 3 aromatic carbocycles. The highest BCUT2D eigenvalue weighted by atomic mass is 35.5. The zero-order valence-electron chi connectivity index (χ0n) is 21.7. The molecule has 3 rings (SSSR count). The first-order valence-electron chi connectivity index (χ1n) is 12.1. The summed E-state index contributed by atoms with van der Waals surface area (Å²) in [6, 6.07) is 17.3. The van der Waals surface area contributed by atoms with Gasteiger partial charge in [0.05, 0.1) is 10.6 Å². The van der Waals surface area contributed by atoms with Crippen LogP contribution in [0.2, 0.25) is 10.0 Å². The SMILES string of the molecule is CCNC(=O)C(C)N(Cc1c(Cl)cccc1Cl)C(=O)CN(c1ccc(C)cc1)S(=O)(=O)c1ccc(C)cc1. The van der Waals surface area contributed by atoms with Gasteiger partial charge in [-0.1, -0.05) is 64.7 Å². The maximum Gasteiger partial charge on any atom is 0.264 e. The van der Waals surface area contributed by atoms with Gasteiger partial charge in [-0.2, -0.15) is 0 Å². The van der Waals surface area contributed by atoms with E-state index in [1.165, 1.54) is 17.0 Å². The molecule has 0 aliphatic heterocycles. The van der Waals surface area contributed by atoms with Gasteiger partial charge < -0.3 is 10.2 Å². The topological polar surface area (TPSA) is 86.8 Å². The molecule has 0 saturated heterocycles. The number of sulfonamides is 1. The van der Waals surface area contributed by atoms with Crippen molar-refractivity contribution in [2.45, 2.75) is 45.2 Å². The Balaban J connectivity index is 2.06. The second kappa shape index (κ2) is 12.7. The Morgan fingerprint density at radius 3 is 1.95 bits per heavy atom. The van der Waals surface area contributed by atoms with E-state index in [0.29, 0.717) is 27.8 Å². The van der Waals surface area contributed by atoms with Crippen molar-refractivity contribution in [1.82, 2.24) is 10.2 Å². The number of benzene rings is 3. The van der Waals surface area contributed by atoms with Gasteiger partial charge in [0.2, 0.25) is 11.8 Å². The van der Waals surface area contributed by atoms with Gasteiger partial charge in [0.15, 0.2) is 0 Å². The lowest BCUT2D eigenvalue weighted by Gasteiger charge is -2.32. The molecule has 7 nitrogen and oxygen atoms in total. The maximum absolute atomic E-state index is 13.9. The minimum Gasteiger partial charge on any atom is -0.355 e. The first-order valence-corrected chi connectivity index (χ1v) is 14.3. The second-order valence-corrected chi connectivity index (χ2v) is 11.6. The minimum atomic E-state index is -4.12. The maximum atomic E-state index is 13.9. The van der Waals surface area contributed by atoms with Crippen LogP contribution in [-0.4, -0.2) is 44.3 Å². The molecule has 0 bridgehead atoms. The van der Waals surface area contributed by atoms with Crippen molar-refractivity contribution in [2.24, 2.45) is 0 Å². The third-order valence-electron chi connectivity index (χ3n) is 6.12. The van der Waals surface area contributed by atoms with Gasteiger partial charge in [0.25, 0.3) is 10.0 Å². The van der Waals surface area contributed by atoms with Crippen molar-refractivity contribution >= 4 is 50.7 Å². The van der Waals surface area contributed by atoms with Gasteiger partial charge in [-0.3, -0.25) is 13.9 Å². The van der Waals surface area contributed by atoms with E-state index in [0.717, 1.165) is 15.4 Å². The Kier molecular flexibility index (Phi) is 9.82. The fourth-order valence-corrected chi connectivity index (χ4v) is 5.77. The molecule has 0 heterocycles. The summed E-state index contributed by atoms with van der Waals surface area (Å²) >= 11 is 12.8. The largest absolute Gasteiger partial charge is 0.355 e. The number of halogens is 2. The van der Waals surface area contributed by atoms with E-state index in [2.05, 4.69) is 5.32 Å². The molecule has 10 heteroatoms. The predicted molar refractivity (Wildman–Crippen MR) is 152 cm³/mol. The molecular formula is C28H31Cl2N3O4S. The zero-order valence-corrected chi connectivity index (χ0v) is 24.1. The number of anilines is 1. The Morgan fingerprint density at radius 1 is 0.895 bits per heavy atom. The molecule has 0 spiro atoms. The lowest BCUT2D eigenvalue weighted by atomic mass is 10.1. The molecule has 202 valence electrons. The van der Waals surface area contributed by atoms with Gasteiger partial charge in [-0.05, 0) is 64.1 Å². The van der Waals surface area contributed by atoms with Gasteiger partial charge in [0, 0.05) is 28.7 Å². The fourth-order valence-electron chi connectivity index (χ4n) is 3.84. The number of rotatable bonds is 10. The zero-order chi connectivity index (χ0) is 28.0. The van der Waals surface area contributed by atoms with Crippen LogP contribution in [0, 0.1) is 13.8 Å². The summed E-state index contributed by atoms with van der Waals surface area (Å²) < 4.78 is 28.6. The summed E-state index contributed by atoms with van der Waals surface area (Å²) in [6.45, 7) is 6.85. The smallest absolute Gasteiger partial charge is 0.264 e. The van der Waals surface area contributed by atoms with Crippen LogP contribution in [-0.2, 0) is 26.2 Å². The Hall–Kier alpha value is -3.07. The van der Waals surface area contributed by atoms with E-state index in [1.54, 1.807) is 68.4 Å². The van der Waals surface area contributed by atoms with Crippen LogP contribution in [0.5, 0.6) is 0 Å². The molecular weight excluding hydrogens is 545 g/mol. The Bertz CT molecular complexity index is 1370. The molecule has 1 N–H and O–H groups in total. The van der Waals surface area contributed by atoms with Crippen molar-refractivity contribution in [3.8, 4) is 0 Å². The molecule has 38 heavy (non-hydrogen) atoms. The van der Waals surface area contributed by atoms with Crippen LogP contribution >= 0.6 is 23.2 Å². The molecule has 0 saturated carbocycles. The number of nitrogens with zero attached hydrogens (tertiary/aromatic N) is 2. The lowest BCUT2D eigenvalue weighted by Crippen LogP contribution is -2.51. The average Bonchev–Trinajstić information content (AvgIpc) is 2.87. The van der Waals surface area contributed by atoms with Gasteiger partial charge in [-0.15, -0.1) is 0 Å². The third-order valence-corrected chi connectivity index (χ3v) is 8.61. The number of hydrogen-bond acceptors (Lipinski definition) is 4. The molecule has 0 aliphatic carbocycles. The van der Waals surface area contributed by atoms with E-state index < -0.39 is 28.5 Å². The molecule has 1 unspecified atom stereocenters. The van der Waals surface area contributed by atoms with Crippen molar-refractivity contribution in [2.75, 3.05) is 17.4 Å².